The first-order chi connectivity index (χ1) is 9.31. The number of anilines is 2. The van der Waals surface area contributed by atoms with Crippen molar-refractivity contribution in [2.24, 2.45) is 0 Å². The molecule has 0 atom stereocenters. The van der Waals surface area contributed by atoms with E-state index in [1.807, 2.05) is 0 Å². The Bertz CT molecular complexity index is 464. The Morgan fingerprint density at radius 2 is 2.10 bits per heavy atom. The molecule has 8 heteroatoms. The first-order valence-electron chi connectivity index (χ1n) is 5.69. The largest absolute Gasteiger partial charge is 0.494 e. The van der Waals surface area contributed by atoms with E-state index in [2.05, 4.69) is 10.1 Å². The number of nitrogen functional groups attached to an aromatic ring is 1. The molecule has 3 N–H and O–H groups in total. The molecule has 1 aromatic rings. The summed E-state index contributed by atoms with van der Waals surface area (Å²) in [6, 6.07) is 4.60. The van der Waals surface area contributed by atoms with Gasteiger partial charge >= 0.3 is 6.18 Å². The Morgan fingerprint density at radius 3 is 2.70 bits per heavy atom. The zero-order valence-corrected chi connectivity index (χ0v) is 10.8. The van der Waals surface area contributed by atoms with Crippen LogP contribution in [0.4, 0.5) is 24.5 Å². The highest BCUT2D eigenvalue weighted by atomic mass is 19.4. The molecule has 5 nitrogen and oxygen atoms in total. The van der Waals surface area contributed by atoms with Gasteiger partial charge in [0.1, 0.15) is 12.4 Å². The number of amides is 1. The van der Waals surface area contributed by atoms with E-state index in [-0.39, 0.29) is 0 Å². The number of methoxy groups -OCH3 is 1. The summed E-state index contributed by atoms with van der Waals surface area (Å²) < 4.78 is 45.2. The maximum absolute atomic E-state index is 11.9. The molecule has 1 amide bonds. The van der Waals surface area contributed by atoms with Crippen molar-refractivity contribution in [3.8, 4) is 5.75 Å². The number of ether oxygens (including phenoxy) is 2. The summed E-state index contributed by atoms with van der Waals surface area (Å²) >= 11 is 0. The molecule has 0 aliphatic carbocycles. The predicted octanol–water partition coefficient (Wildman–Crippen LogP) is 2.18. The van der Waals surface area contributed by atoms with Gasteiger partial charge in [0, 0.05) is 11.8 Å². The van der Waals surface area contributed by atoms with Gasteiger partial charge in [-0.1, -0.05) is 0 Å². The monoisotopic (exact) mass is 292 g/mol. The van der Waals surface area contributed by atoms with Gasteiger partial charge in [-0.05, 0) is 12.1 Å². The van der Waals surface area contributed by atoms with Crippen LogP contribution in [0.5, 0.6) is 5.75 Å². The molecule has 0 aliphatic heterocycles. The van der Waals surface area contributed by atoms with E-state index in [9.17, 15) is 18.0 Å². The zero-order valence-electron chi connectivity index (χ0n) is 10.8. The van der Waals surface area contributed by atoms with E-state index in [0.717, 1.165) is 0 Å². The van der Waals surface area contributed by atoms with Crippen LogP contribution in [0.15, 0.2) is 18.2 Å². The molecule has 0 radical (unpaired) electrons. The molecule has 1 rings (SSSR count). The number of nitrogens with two attached hydrogens (primary N) is 1. The molecule has 20 heavy (non-hydrogen) atoms. The average molecular weight is 292 g/mol. The Hall–Kier alpha value is -1.96. The summed E-state index contributed by atoms with van der Waals surface area (Å²) in [4.78, 5) is 11.5. The Kier molecular flexibility index (Phi) is 5.63. The van der Waals surface area contributed by atoms with Crippen LogP contribution in [0.2, 0.25) is 0 Å². The molecule has 0 aliphatic rings. The van der Waals surface area contributed by atoms with Gasteiger partial charge in [-0.2, -0.15) is 13.2 Å². The Labute approximate surface area is 113 Å². The van der Waals surface area contributed by atoms with Gasteiger partial charge in [0.25, 0.3) is 0 Å². The molecular formula is C12H15F3N2O3. The van der Waals surface area contributed by atoms with Gasteiger partial charge in [0.15, 0.2) is 0 Å². The van der Waals surface area contributed by atoms with Crippen molar-refractivity contribution in [3.05, 3.63) is 18.2 Å². The highest BCUT2D eigenvalue weighted by Gasteiger charge is 2.26. The van der Waals surface area contributed by atoms with E-state index >= 15 is 0 Å². The van der Waals surface area contributed by atoms with Gasteiger partial charge in [-0.15, -0.1) is 0 Å². The topological polar surface area (TPSA) is 73.6 Å². The van der Waals surface area contributed by atoms with Crippen LogP contribution in [0.25, 0.3) is 0 Å². The lowest BCUT2D eigenvalue weighted by Gasteiger charge is -2.11. The molecule has 0 saturated heterocycles. The van der Waals surface area contributed by atoms with Crippen LogP contribution >= 0.6 is 0 Å². The minimum Gasteiger partial charge on any atom is -0.494 e. The van der Waals surface area contributed by atoms with E-state index in [1.165, 1.54) is 19.2 Å². The van der Waals surface area contributed by atoms with Crippen LogP contribution in [-0.2, 0) is 9.53 Å². The summed E-state index contributed by atoms with van der Waals surface area (Å²) in [5, 5.41) is 2.46. The van der Waals surface area contributed by atoms with Gasteiger partial charge in [0.05, 0.1) is 25.8 Å². The number of rotatable bonds is 6. The Morgan fingerprint density at radius 1 is 1.40 bits per heavy atom. The molecule has 0 aromatic heterocycles. The van der Waals surface area contributed by atoms with E-state index < -0.39 is 31.7 Å². The fourth-order valence-corrected chi connectivity index (χ4v) is 1.35. The lowest BCUT2D eigenvalue weighted by atomic mass is 10.2. The fourth-order valence-electron chi connectivity index (χ4n) is 1.35. The normalized spacial score (nSPS) is 11.2. The lowest BCUT2D eigenvalue weighted by molar-refractivity contribution is -0.147. The fraction of sp³-hybridized carbons (Fsp3) is 0.417. The van der Waals surface area contributed by atoms with Crippen molar-refractivity contribution in [1.82, 2.24) is 0 Å². The summed E-state index contributed by atoms with van der Waals surface area (Å²) in [6.07, 6.45) is -5.39. The van der Waals surface area contributed by atoms with E-state index in [1.54, 1.807) is 6.07 Å². The molecule has 0 saturated carbocycles. The van der Waals surface area contributed by atoms with Gasteiger partial charge in [-0.25, -0.2) is 0 Å². The molecular weight excluding hydrogens is 277 g/mol. The maximum Gasteiger partial charge on any atom is 0.391 e. The third-order valence-corrected chi connectivity index (χ3v) is 2.26. The second-order valence-electron chi connectivity index (χ2n) is 3.93. The van der Waals surface area contributed by atoms with Crippen LogP contribution in [0.3, 0.4) is 0 Å². The predicted molar refractivity (Wildman–Crippen MR) is 67.5 cm³/mol. The summed E-state index contributed by atoms with van der Waals surface area (Å²) in [7, 11) is 1.41. The highest BCUT2D eigenvalue weighted by molar-refractivity contribution is 5.93. The summed E-state index contributed by atoms with van der Waals surface area (Å²) in [6.45, 7) is -1.03. The van der Waals surface area contributed by atoms with Crippen molar-refractivity contribution < 1.29 is 27.4 Å². The van der Waals surface area contributed by atoms with Crippen LogP contribution in [-0.4, -0.2) is 32.4 Å². The van der Waals surface area contributed by atoms with Crippen molar-refractivity contribution >= 4 is 17.3 Å². The summed E-state index contributed by atoms with van der Waals surface area (Å²) in [5.41, 5.74) is 6.38. The SMILES string of the molecule is COc1cc(N)ccc1NC(=O)COCCC(F)(F)F. The van der Waals surface area contributed by atoms with Gasteiger partial charge in [-0.3, -0.25) is 4.79 Å². The second-order valence-corrected chi connectivity index (χ2v) is 3.93. The Balaban J connectivity index is 2.43. The van der Waals surface area contributed by atoms with Crippen LogP contribution in [0.1, 0.15) is 6.42 Å². The standard InChI is InChI=1S/C12H15F3N2O3/c1-19-10-6-8(16)2-3-9(10)17-11(18)7-20-5-4-12(13,14)15/h2-3,6H,4-5,7,16H2,1H3,(H,17,18). The number of nitrogens with one attached hydrogen (secondary N) is 1. The number of halogens is 3. The number of benzene rings is 1. The smallest absolute Gasteiger partial charge is 0.391 e. The first-order valence-corrected chi connectivity index (χ1v) is 5.69. The zero-order chi connectivity index (χ0) is 15.2. The number of carbonyl (C=O) groups is 1. The van der Waals surface area contributed by atoms with Crippen molar-refractivity contribution in [2.75, 3.05) is 31.4 Å². The van der Waals surface area contributed by atoms with E-state index in [4.69, 9.17) is 10.5 Å². The first kappa shape index (κ1) is 16.1. The minimum absolute atomic E-state index is 0.355. The molecule has 0 heterocycles. The van der Waals surface area contributed by atoms with Crippen molar-refractivity contribution in [1.29, 1.82) is 0 Å². The number of hydrogen-bond donors (Lipinski definition) is 2. The van der Waals surface area contributed by atoms with Crippen molar-refractivity contribution in [2.45, 2.75) is 12.6 Å². The van der Waals surface area contributed by atoms with Crippen molar-refractivity contribution in [3.63, 3.8) is 0 Å². The highest BCUT2D eigenvalue weighted by Crippen LogP contribution is 2.26. The molecule has 112 valence electrons. The van der Waals surface area contributed by atoms with Crippen LogP contribution < -0.4 is 15.8 Å². The molecule has 0 unspecified atom stereocenters. The quantitative estimate of drug-likeness (QED) is 0.622. The minimum atomic E-state index is -4.29. The number of hydrogen-bond acceptors (Lipinski definition) is 4. The third-order valence-electron chi connectivity index (χ3n) is 2.26. The molecule has 0 bridgehead atoms. The molecule has 0 spiro atoms. The van der Waals surface area contributed by atoms with Gasteiger partial charge in [0.2, 0.25) is 5.91 Å². The number of carbonyl (C=O) groups excluding carboxylic acids is 1. The molecule has 0 fully saturated rings. The molecule has 1 aromatic carbocycles. The number of alkyl halides is 3. The third kappa shape index (κ3) is 5.79. The average Bonchev–Trinajstić information content (AvgIpc) is 2.35. The summed E-state index contributed by atoms with van der Waals surface area (Å²) in [5.74, 6) is -0.219. The maximum atomic E-state index is 11.9. The lowest BCUT2D eigenvalue weighted by Crippen LogP contribution is -2.20. The second kappa shape index (κ2) is 6.99. The van der Waals surface area contributed by atoms with E-state index in [0.29, 0.717) is 17.1 Å². The van der Waals surface area contributed by atoms with Crippen LogP contribution in [0, 0.1) is 0 Å². The van der Waals surface area contributed by atoms with Gasteiger partial charge < -0.3 is 20.5 Å².